The Morgan fingerprint density at radius 3 is 2.68 bits per heavy atom. The summed E-state index contributed by atoms with van der Waals surface area (Å²) in [6.45, 7) is 0. The first kappa shape index (κ1) is 16.9. The van der Waals surface area contributed by atoms with Crippen LogP contribution in [0.25, 0.3) is 17.4 Å². The van der Waals surface area contributed by atoms with Crippen LogP contribution in [0.2, 0.25) is 5.02 Å². The molecule has 25 heavy (non-hydrogen) atoms. The van der Waals surface area contributed by atoms with Gasteiger partial charge < -0.3 is 14.3 Å². The maximum absolute atomic E-state index is 12.2. The standard InChI is InChI=1S/C20H15ClO4/c1-24-14-6-9-16(19(23)12-14)18(22)10-7-13-8-11-20(25-13)15-4-2-3-5-17(15)21/h2-12,23H,1H3/b10-7+. The Morgan fingerprint density at radius 2 is 1.96 bits per heavy atom. The van der Waals surface area contributed by atoms with Crippen molar-refractivity contribution in [2.75, 3.05) is 7.11 Å². The van der Waals surface area contributed by atoms with Crippen LogP contribution < -0.4 is 4.74 Å². The first-order chi connectivity index (χ1) is 12.1. The minimum Gasteiger partial charge on any atom is -0.507 e. The molecule has 1 heterocycles. The molecule has 0 bridgehead atoms. The summed E-state index contributed by atoms with van der Waals surface area (Å²) in [4.78, 5) is 12.2. The average Bonchev–Trinajstić information content (AvgIpc) is 3.08. The van der Waals surface area contributed by atoms with E-state index >= 15 is 0 Å². The van der Waals surface area contributed by atoms with Crippen LogP contribution in [-0.2, 0) is 0 Å². The molecule has 3 rings (SSSR count). The fourth-order valence-electron chi connectivity index (χ4n) is 2.34. The third kappa shape index (κ3) is 3.75. The second kappa shape index (κ2) is 7.28. The number of methoxy groups -OCH3 is 1. The number of hydrogen-bond donors (Lipinski definition) is 1. The van der Waals surface area contributed by atoms with E-state index in [1.54, 1.807) is 30.3 Å². The summed E-state index contributed by atoms with van der Waals surface area (Å²) in [5.74, 6) is 1.13. The van der Waals surface area contributed by atoms with E-state index in [1.807, 2.05) is 18.2 Å². The van der Waals surface area contributed by atoms with Gasteiger partial charge in [0.15, 0.2) is 5.78 Å². The van der Waals surface area contributed by atoms with Gasteiger partial charge in [0, 0.05) is 11.6 Å². The maximum atomic E-state index is 12.2. The fraction of sp³-hybridized carbons (Fsp3) is 0.0500. The van der Waals surface area contributed by atoms with E-state index in [0.29, 0.717) is 22.3 Å². The molecule has 0 aliphatic carbocycles. The number of phenols is 1. The Labute approximate surface area is 149 Å². The van der Waals surface area contributed by atoms with Gasteiger partial charge in [0.05, 0.1) is 17.7 Å². The molecule has 1 N–H and O–H groups in total. The summed E-state index contributed by atoms with van der Waals surface area (Å²) in [5, 5.41) is 10.5. The molecule has 0 saturated heterocycles. The molecule has 0 atom stereocenters. The molecule has 0 aliphatic rings. The third-order valence-electron chi connectivity index (χ3n) is 3.64. The Morgan fingerprint density at radius 1 is 1.16 bits per heavy atom. The van der Waals surface area contributed by atoms with Crippen LogP contribution in [0.1, 0.15) is 16.1 Å². The van der Waals surface area contributed by atoms with Crippen LogP contribution in [0.15, 0.2) is 65.1 Å². The van der Waals surface area contributed by atoms with Crippen molar-refractivity contribution in [3.8, 4) is 22.8 Å². The largest absolute Gasteiger partial charge is 0.507 e. The van der Waals surface area contributed by atoms with Crippen molar-refractivity contribution in [1.82, 2.24) is 0 Å². The SMILES string of the molecule is COc1ccc(C(=O)/C=C/c2ccc(-c3ccccc3Cl)o2)c(O)c1. The monoisotopic (exact) mass is 354 g/mol. The molecule has 0 saturated carbocycles. The van der Waals surface area contributed by atoms with E-state index in [0.717, 1.165) is 5.56 Å². The lowest BCUT2D eigenvalue weighted by atomic mass is 10.1. The van der Waals surface area contributed by atoms with E-state index in [-0.39, 0.29) is 17.1 Å². The van der Waals surface area contributed by atoms with Gasteiger partial charge in [0.2, 0.25) is 0 Å². The summed E-state index contributed by atoms with van der Waals surface area (Å²) in [7, 11) is 1.49. The van der Waals surface area contributed by atoms with Crippen LogP contribution in [0.4, 0.5) is 0 Å². The Balaban J connectivity index is 1.79. The van der Waals surface area contributed by atoms with Gasteiger partial charge in [-0.1, -0.05) is 23.7 Å². The van der Waals surface area contributed by atoms with Crippen molar-refractivity contribution in [3.05, 3.63) is 77.0 Å². The van der Waals surface area contributed by atoms with Crippen LogP contribution in [0.5, 0.6) is 11.5 Å². The van der Waals surface area contributed by atoms with Crippen molar-refractivity contribution in [1.29, 1.82) is 0 Å². The number of aromatic hydroxyl groups is 1. The predicted molar refractivity (Wildman–Crippen MR) is 97.2 cm³/mol. The number of halogens is 1. The third-order valence-corrected chi connectivity index (χ3v) is 3.97. The number of furan rings is 1. The molecule has 5 heteroatoms. The summed E-state index contributed by atoms with van der Waals surface area (Å²) >= 11 is 6.15. The van der Waals surface area contributed by atoms with Crippen molar-refractivity contribution in [2.24, 2.45) is 0 Å². The van der Waals surface area contributed by atoms with Crippen LogP contribution >= 0.6 is 11.6 Å². The quantitative estimate of drug-likeness (QED) is 0.504. The minimum atomic E-state index is -0.337. The lowest BCUT2D eigenvalue weighted by Gasteiger charge is -2.03. The molecule has 1 aromatic heterocycles. The van der Waals surface area contributed by atoms with Gasteiger partial charge in [0.25, 0.3) is 0 Å². The van der Waals surface area contributed by atoms with Gasteiger partial charge in [-0.05, 0) is 48.6 Å². The van der Waals surface area contributed by atoms with Crippen molar-refractivity contribution in [3.63, 3.8) is 0 Å². The summed E-state index contributed by atoms with van der Waals surface area (Å²) in [6.07, 6.45) is 2.89. The number of phenolic OH excluding ortho intramolecular Hbond substituents is 1. The highest BCUT2D eigenvalue weighted by Gasteiger charge is 2.10. The average molecular weight is 355 g/mol. The molecular formula is C20H15ClO4. The summed E-state index contributed by atoms with van der Waals surface area (Å²) in [6, 6.07) is 15.4. The molecule has 3 aromatic rings. The normalized spacial score (nSPS) is 11.0. The number of hydrogen-bond acceptors (Lipinski definition) is 4. The summed E-state index contributed by atoms with van der Waals surface area (Å²) in [5.41, 5.74) is 0.970. The molecule has 0 unspecified atom stereocenters. The van der Waals surface area contributed by atoms with E-state index < -0.39 is 0 Å². The Hall–Kier alpha value is -2.98. The first-order valence-corrected chi connectivity index (χ1v) is 7.90. The van der Waals surface area contributed by atoms with Gasteiger partial charge in [-0.3, -0.25) is 4.79 Å². The first-order valence-electron chi connectivity index (χ1n) is 7.52. The predicted octanol–water partition coefficient (Wildman–Crippen LogP) is 5.21. The maximum Gasteiger partial charge on any atom is 0.189 e. The highest BCUT2D eigenvalue weighted by Crippen LogP contribution is 2.29. The molecule has 0 amide bonds. The van der Waals surface area contributed by atoms with Crippen molar-refractivity contribution in [2.45, 2.75) is 0 Å². The van der Waals surface area contributed by atoms with E-state index in [4.69, 9.17) is 20.8 Å². The molecule has 0 fully saturated rings. The molecule has 126 valence electrons. The Bertz CT molecular complexity index is 940. The zero-order chi connectivity index (χ0) is 17.8. The highest BCUT2D eigenvalue weighted by molar-refractivity contribution is 6.33. The van der Waals surface area contributed by atoms with Crippen molar-refractivity contribution < 1.29 is 19.1 Å². The number of benzene rings is 2. The smallest absolute Gasteiger partial charge is 0.189 e. The summed E-state index contributed by atoms with van der Waals surface area (Å²) < 4.78 is 10.7. The molecule has 4 nitrogen and oxygen atoms in total. The number of ether oxygens (including phenoxy) is 1. The molecule has 0 aliphatic heterocycles. The van der Waals surface area contributed by atoms with Crippen LogP contribution in [0, 0.1) is 0 Å². The van der Waals surface area contributed by atoms with Gasteiger partial charge in [-0.2, -0.15) is 0 Å². The van der Waals surface area contributed by atoms with E-state index in [2.05, 4.69) is 0 Å². The second-order valence-electron chi connectivity index (χ2n) is 5.26. The van der Waals surface area contributed by atoms with Crippen LogP contribution in [0.3, 0.4) is 0 Å². The van der Waals surface area contributed by atoms with Gasteiger partial charge in [-0.15, -0.1) is 0 Å². The van der Waals surface area contributed by atoms with E-state index in [1.165, 1.54) is 25.3 Å². The Kier molecular flexibility index (Phi) is 4.91. The van der Waals surface area contributed by atoms with Gasteiger partial charge >= 0.3 is 0 Å². The lowest BCUT2D eigenvalue weighted by Crippen LogP contribution is -1.95. The molecular weight excluding hydrogens is 340 g/mol. The molecule has 0 spiro atoms. The fourth-order valence-corrected chi connectivity index (χ4v) is 2.57. The highest BCUT2D eigenvalue weighted by atomic mass is 35.5. The lowest BCUT2D eigenvalue weighted by molar-refractivity contribution is 0.104. The molecule has 2 aromatic carbocycles. The number of carbonyl (C=O) groups is 1. The minimum absolute atomic E-state index is 0.134. The topological polar surface area (TPSA) is 59.7 Å². The number of rotatable bonds is 5. The van der Waals surface area contributed by atoms with Gasteiger partial charge in [-0.25, -0.2) is 0 Å². The van der Waals surface area contributed by atoms with Crippen LogP contribution in [-0.4, -0.2) is 18.0 Å². The van der Waals surface area contributed by atoms with Gasteiger partial charge in [0.1, 0.15) is 23.0 Å². The molecule has 0 radical (unpaired) electrons. The number of allylic oxidation sites excluding steroid dienone is 1. The number of ketones is 1. The van der Waals surface area contributed by atoms with E-state index in [9.17, 15) is 9.90 Å². The zero-order valence-electron chi connectivity index (χ0n) is 13.4. The van der Waals surface area contributed by atoms with Crippen molar-refractivity contribution >= 4 is 23.5 Å². The number of carbonyl (C=O) groups excluding carboxylic acids is 1. The second-order valence-corrected chi connectivity index (χ2v) is 5.67. The zero-order valence-corrected chi connectivity index (χ0v) is 14.2.